The summed E-state index contributed by atoms with van der Waals surface area (Å²) >= 11 is 0. The standard InChI is InChI=1S/C16H18N2O5/c1-10(2)23-15(19)9-22-13-5-4-11(7-14(13)21-3)6-12(8-17)16(18)20/h4-7,10H,9H2,1-3H3,(H2,18,20)/b12-6-. The summed E-state index contributed by atoms with van der Waals surface area (Å²) in [6, 6.07) is 6.43. The van der Waals surface area contributed by atoms with Crippen LogP contribution in [0.3, 0.4) is 0 Å². The normalized spacial score (nSPS) is 10.8. The molecule has 0 atom stereocenters. The molecule has 0 bridgehead atoms. The maximum atomic E-state index is 11.5. The maximum absolute atomic E-state index is 11.5. The molecule has 0 aliphatic heterocycles. The van der Waals surface area contributed by atoms with E-state index in [1.54, 1.807) is 38.1 Å². The summed E-state index contributed by atoms with van der Waals surface area (Å²) in [5.41, 5.74) is 5.44. The molecule has 1 rings (SSSR count). The Morgan fingerprint density at radius 2 is 2.04 bits per heavy atom. The fourth-order valence-electron chi connectivity index (χ4n) is 1.65. The van der Waals surface area contributed by atoms with Crippen LogP contribution in [0.5, 0.6) is 11.5 Å². The van der Waals surface area contributed by atoms with Gasteiger partial charge in [0.15, 0.2) is 18.1 Å². The summed E-state index contributed by atoms with van der Waals surface area (Å²) in [5, 5.41) is 8.83. The molecule has 122 valence electrons. The fourth-order valence-corrected chi connectivity index (χ4v) is 1.65. The highest BCUT2D eigenvalue weighted by molar-refractivity contribution is 6.00. The van der Waals surface area contributed by atoms with Crippen LogP contribution >= 0.6 is 0 Å². The maximum Gasteiger partial charge on any atom is 0.344 e. The number of hydrogen-bond donors (Lipinski definition) is 1. The third kappa shape index (κ3) is 5.71. The van der Waals surface area contributed by atoms with Crippen molar-refractivity contribution in [3.8, 4) is 17.6 Å². The summed E-state index contributed by atoms with van der Waals surface area (Å²) in [4.78, 5) is 22.5. The molecule has 0 saturated carbocycles. The van der Waals surface area contributed by atoms with E-state index < -0.39 is 11.9 Å². The van der Waals surface area contributed by atoms with Crippen LogP contribution in [0.1, 0.15) is 19.4 Å². The van der Waals surface area contributed by atoms with E-state index >= 15 is 0 Å². The van der Waals surface area contributed by atoms with Crippen molar-refractivity contribution in [1.82, 2.24) is 0 Å². The van der Waals surface area contributed by atoms with E-state index in [1.165, 1.54) is 13.2 Å². The van der Waals surface area contributed by atoms with Crippen molar-refractivity contribution in [2.24, 2.45) is 5.73 Å². The molecule has 1 amide bonds. The molecule has 0 aliphatic rings. The number of ether oxygens (including phenoxy) is 3. The van der Waals surface area contributed by atoms with Crippen LogP contribution in [0.15, 0.2) is 23.8 Å². The van der Waals surface area contributed by atoms with Crippen molar-refractivity contribution < 1.29 is 23.8 Å². The van der Waals surface area contributed by atoms with Crippen molar-refractivity contribution >= 4 is 18.0 Å². The van der Waals surface area contributed by atoms with Crippen LogP contribution in [0.2, 0.25) is 0 Å². The molecule has 1 aromatic carbocycles. The topological polar surface area (TPSA) is 112 Å². The van der Waals surface area contributed by atoms with Gasteiger partial charge in [-0.05, 0) is 37.6 Å². The number of benzene rings is 1. The number of hydrogen-bond acceptors (Lipinski definition) is 6. The van der Waals surface area contributed by atoms with Crippen LogP contribution in [-0.4, -0.2) is 31.7 Å². The van der Waals surface area contributed by atoms with E-state index in [-0.39, 0.29) is 18.3 Å². The molecule has 0 fully saturated rings. The highest BCUT2D eigenvalue weighted by Gasteiger charge is 2.11. The number of nitrogens with two attached hydrogens (primary N) is 1. The number of esters is 1. The van der Waals surface area contributed by atoms with Crippen molar-refractivity contribution in [1.29, 1.82) is 5.26 Å². The highest BCUT2D eigenvalue weighted by atomic mass is 16.6. The second-order valence-corrected chi connectivity index (χ2v) is 4.77. The average molecular weight is 318 g/mol. The summed E-state index contributed by atoms with van der Waals surface area (Å²) in [7, 11) is 1.43. The van der Waals surface area contributed by atoms with Gasteiger partial charge < -0.3 is 19.9 Å². The molecule has 0 saturated heterocycles. The minimum atomic E-state index is -0.816. The number of rotatable bonds is 7. The Kier molecular flexibility index (Phi) is 6.62. The molecule has 2 N–H and O–H groups in total. The minimum Gasteiger partial charge on any atom is -0.493 e. The zero-order chi connectivity index (χ0) is 17.4. The van der Waals surface area contributed by atoms with Gasteiger partial charge in [-0.3, -0.25) is 4.79 Å². The monoisotopic (exact) mass is 318 g/mol. The Balaban J connectivity index is 2.91. The second kappa shape index (κ2) is 8.44. The Morgan fingerprint density at radius 3 is 2.57 bits per heavy atom. The number of carbonyl (C=O) groups is 2. The lowest BCUT2D eigenvalue weighted by atomic mass is 10.1. The van der Waals surface area contributed by atoms with E-state index in [0.717, 1.165) is 0 Å². The van der Waals surface area contributed by atoms with Gasteiger partial charge in [0.05, 0.1) is 13.2 Å². The van der Waals surface area contributed by atoms with Crippen LogP contribution in [0.25, 0.3) is 6.08 Å². The van der Waals surface area contributed by atoms with Gasteiger partial charge in [-0.2, -0.15) is 5.26 Å². The quantitative estimate of drug-likeness (QED) is 0.462. The first-order chi connectivity index (χ1) is 10.9. The van der Waals surface area contributed by atoms with Crippen LogP contribution in [0, 0.1) is 11.3 Å². The summed E-state index contributed by atoms with van der Waals surface area (Å²) in [5.74, 6) is -0.629. The molecular weight excluding hydrogens is 300 g/mol. The molecule has 1 aromatic rings. The molecule has 0 spiro atoms. The number of nitrogens with zero attached hydrogens (tertiary/aromatic N) is 1. The van der Waals surface area contributed by atoms with Gasteiger partial charge in [0.1, 0.15) is 11.6 Å². The van der Waals surface area contributed by atoms with Crippen molar-refractivity contribution in [2.45, 2.75) is 20.0 Å². The SMILES string of the molecule is COc1cc(/C=C(/C#N)C(N)=O)ccc1OCC(=O)OC(C)C. The van der Waals surface area contributed by atoms with E-state index in [9.17, 15) is 9.59 Å². The van der Waals surface area contributed by atoms with Gasteiger partial charge >= 0.3 is 5.97 Å². The summed E-state index contributed by atoms with van der Waals surface area (Å²) in [6.45, 7) is 3.23. The zero-order valence-corrected chi connectivity index (χ0v) is 13.2. The number of amides is 1. The van der Waals surface area contributed by atoms with Crippen LogP contribution < -0.4 is 15.2 Å². The molecular formula is C16H18N2O5. The van der Waals surface area contributed by atoms with Crippen molar-refractivity contribution in [2.75, 3.05) is 13.7 Å². The smallest absolute Gasteiger partial charge is 0.344 e. The first-order valence-corrected chi connectivity index (χ1v) is 6.79. The zero-order valence-electron chi connectivity index (χ0n) is 13.2. The van der Waals surface area contributed by atoms with Gasteiger partial charge in [0, 0.05) is 0 Å². The number of nitriles is 1. The average Bonchev–Trinajstić information content (AvgIpc) is 2.49. The lowest BCUT2D eigenvalue weighted by Crippen LogP contribution is -2.18. The lowest BCUT2D eigenvalue weighted by Gasteiger charge is -2.12. The van der Waals surface area contributed by atoms with Gasteiger partial charge in [-0.25, -0.2) is 4.79 Å². The van der Waals surface area contributed by atoms with Crippen molar-refractivity contribution in [3.63, 3.8) is 0 Å². The molecule has 0 heterocycles. The lowest BCUT2D eigenvalue weighted by molar-refractivity contribution is -0.149. The Labute approximate surface area is 134 Å². The molecule has 0 unspecified atom stereocenters. The third-order valence-electron chi connectivity index (χ3n) is 2.60. The van der Waals surface area contributed by atoms with E-state index in [0.29, 0.717) is 17.1 Å². The molecule has 0 aliphatic carbocycles. The Hall–Kier alpha value is -3.01. The van der Waals surface area contributed by atoms with Crippen LogP contribution in [0.4, 0.5) is 0 Å². The predicted molar refractivity (Wildman–Crippen MR) is 82.5 cm³/mol. The van der Waals surface area contributed by atoms with E-state index in [2.05, 4.69) is 0 Å². The van der Waals surface area contributed by atoms with Crippen LogP contribution in [-0.2, 0) is 14.3 Å². The van der Waals surface area contributed by atoms with Gasteiger partial charge in [-0.15, -0.1) is 0 Å². The molecule has 23 heavy (non-hydrogen) atoms. The molecule has 0 aromatic heterocycles. The number of methoxy groups -OCH3 is 1. The highest BCUT2D eigenvalue weighted by Crippen LogP contribution is 2.29. The van der Waals surface area contributed by atoms with Gasteiger partial charge in [0.2, 0.25) is 0 Å². The fraction of sp³-hybridized carbons (Fsp3) is 0.312. The Morgan fingerprint density at radius 1 is 1.35 bits per heavy atom. The number of carbonyl (C=O) groups excluding carboxylic acids is 2. The summed E-state index contributed by atoms with van der Waals surface area (Å²) in [6.07, 6.45) is 1.11. The van der Waals surface area contributed by atoms with E-state index in [4.69, 9.17) is 25.2 Å². The van der Waals surface area contributed by atoms with Gasteiger partial charge in [-0.1, -0.05) is 6.07 Å². The molecule has 7 nitrogen and oxygen atoms in total. The predicted octanol–water partition coefficient (Wildman–Crippen LogP) is 1.42. The second-order valence-electron chi connectivity index (χ2n) is 4.77. The first kappa shape index (κ1) is 18.0. The third-order valence-corrected chi connectivity index (χ3v) is 2.60. The van der Waals surface area contributed by atoms with Crippen molar-refractivity contribution in [3.05, 3.63) is 29.3 Å². The first-order valence-electron chi connectivity index (χ1n) is 6.79. The Bertz CT molecular complexity index is 659. The largest absolute Gasteiger partial charge is 0.493 e. The minimum absolute atomic E-state index is 0.179. The summed E-state index contributed by atoms with van der Waals surface area (Å²) < 4.78 is 15.5. The van der Waals surface area contributed by atoms with E-state index in [1.807, 2.05) is 0 Å². The number of primary amides is 1. The van der Waals surface area contributed by atoms with Gasteiger partial charge in [0.25, 0.3) is 5.91 Å². The molecule has 0 radical (unpaired) electrons. The molecule has 7 heteroatoms.